The highest BCUT2D eigenvalue weighted by Gasteiger charge is 2.31. The number of piperazine rings is 3. The van der Waals surface area contributed by atoms with Gasteiger partial charge >= 0.3 is 0 Å². The van der Waals surface area contributed by atoms with E-state index in [9.17, 15) is 8.78 Å². The predicted molar refractivity (Wildman–Crippen MR) is 216 cm³/mol. The third kappa shape index (κ3) is 10.8. The second-order valence-corrected chi connectivity index (χ2v) is 14.8. The molecule has 0 atom stereocenters. The van der Waals surface area contributed by atoms with Crippen LogP contribution in [-0.2, 0) is 9.47 Å². The lowest BCUT2D eigenvalue weighted by Crippen LogP contribution is -2.56. The number of ether oxygens (including phenoxy) is 4. The fraction of sp³-hybridized carbons (Fsp3) is 0.590. The zero-order valence-corrected chi connectivity index (χ0v) is 33.2. The molecule has 3 aromatic rings. The lowest BCUT2D eigenvalue weighted by molar-refractivity contribution is -0.0661. The minimum atomic E-state index is 0.109. The Morgan fingerprint density at radius 1 is 0.586 bits per heavy atom. The SMILES string of the molecule is CC/C(=C\F)COc1cnc(N2CCN(c3cnc(N4CCN(C5COC5)CC4)nc3)CC2)nc1.NC/C(=C/F)COc1cnc(N2CCN(C3COC3)CC2)nc1. The second kappa shape index (κ2) is 20.7. The van der Waals surface area contributed by atoms with E-state index < -0.39 is 0 Å². The van der Waals surface area contributed by atoms with E-state index in [-0.39, 0.29) is 19.8 Å². The normalized spacial score (nSPS) is 20.3. The molecule has 0 unspecified atom stereocenters. The molecule has 5 aliphatic heterocycles. The average molecular weight is 808 g/mol. The first kappa shape index (κ1) is 41.3. The summed E-state index contributed by atoms with van der Waals surface area (Å²) in [5.41, 5.74) is 7.41. The van der Waals surface area contributed by atoms with Crippen molar-refractivity contribution in [3.8, 4) is 11.5 Å². The van der Waals surface area contributed by atoms with Gasteiger partial charge in [-0.1, -0.05) is 6.92 Å². The van der Waals surface area contributed by atoms with E-state index in [0.717, 1.165) is 117 Å². The monoisotopic (exact) mass is 807 g/mol. The molecule has 5 aliphatic rings. The largest absolute Gasteiger partial charge is 0.486 e. The average Bonchev–Trinajstić information content (AvgIpc) is 3.25. The van der Waals surface area contributed by atoms with E-state index in [2.05, 4.69) is 59.3 Å². The lowest BCUT2D eigenvalue weighted by atomic mass is 10.2. The molecule has 314 valence electrons. The molecule has 2 N–H and O–H groups in total. The highest BCUT2D eigenvalue weighted by molar-refractivity contribution is 5.47. The number of hydrogen-bond acceptors (Lipinski definition) is 17. The zero-order chi connectivity index (χ0) is 40.1. The number of nitrogens with zero attached hydrogens (tertiary/aromatic N) is 12. The summed E-state index contributed by atoms with van der Waals surface area (Å²) in [5, 5.41) is 0. The number of hydrogen-bond donors (Lipinski definition) is 1. The van der Waals surface area contributed by atoms with Crippen LogP contribution in [0.5, 0.6) is 11.5 Å². The minimum Gasteiger partial charge on any atom is -0.486 e. The molecule has 0 amide bonds. The minimum absolute atomic E-state index is 0.109. The van der Waals surface area contributed by atoms with E-state index >= 15 is 0 Å². The summed E-state index contributed by atoms with van der Waals surface area (Å²) in [7, 11) is 0. The van der Waals surface area contributed by atoms with E-state index in [1.54, 1.807) is 24.8 Å². The summed E-state index contributed by atoms with van der Waals surface area (Å²) < 4.78 is 46.6. The van der Waals surface area contributed by atoms with E-state index in [1.807, 2.05) is 19.3 Å². The Bertz CT molecular complexity index is 1740. The number of halogens is 2. The molecule has 5 fully saturated rings. The van der Waals surface area contributed by atoms with Gasteiger partial charge in [0.2, 0.25) is 17.8 Å². The van der Waals surface area contributed by atoms with Crippen LogP contribution in [0.15, 0.2) is 61.0 Å². The van der Waals surface area contributed by atoms with Crippen LogP contribution in [0.3, 0.4) is 0 Å². The number of aromatic nitrogens is 6. The topological polar surface area (TPSA) is 160 Å². The Hall–Kier alpha value is -4.82. The fourth-order valence-corrected chi connectivity index (χ4v) is 7.04. The van der Waals surface area contributed by atoms with Gasteiger partial charge in [0.25, 0.3) is 0 Å². The van der Waals surface area contributed by atoms with Crippen LogP contribution >= 0.6 is 0 Å². The van der Waals surface area contributed by atoms with Gasteiger partial charge in [-0.2, -0.15) is 0 Å². The van der Waals surface area contributed by atoms with Gasteiger partial charge in [0.15, 0.2) is 11.5 Å². The van der Waals surface area contributed by atoms with E-state index in [0.29, 0.717) is 65.7 Å². The van der Waals surface area contributed by atoms with Crippen LogP contribution in [0.2, 0.25) is 0 Å². The van der Waals surface area contributed by atoms with Gasteiger partial charge in [-0.05, 0) is 12.0 Å². The van der Waals surface area contributed by atoms with Crippen molar-refractivity contribution in [2.75, 3.05) is 144 Å². The Labute approximate surface area is 338 Å². The van der Waals surface area contributed by atoms with Crippen molar-refractivity contribution < 1.29 is 27.7 Å². The van der Waals surface area contributed by atoms with Crippen LogP contribution in [0.4, 0.5) is 32.3 Å². The molecule has 8 rings (SSSR count). The molecule has 0 aromatic carbocycles. The summed E-state index contributed by atoms with van der Waals surface area (Å²) in [6, 6.07) is 1.17. The van der Waals surface area contributed by atoms with E-state index in [1.165, 1.54) is 0 Å². The van der Waals surface area contributed by atoms with Crippen molar-refractivity contribution in [3.05, 3.63) is 61.0 Å². The van der Waals surface area contributed by atoms with Gasteiger partial charge in [-0.15, -0.1) is 0 Å². The summed E-state index contributed by atoms with van der Waals surface area (Å²) >= 11 is 0. The summed E-state index contributed by atoms with van der Waals surface area (Å²) in [6.07, 6.45) is 12.1. The quantitative estimate of drug-likeness (QED) is 0.252. The van der Waals surface area contributed by atoms with Crippen LogP contribution in [-0.4, -0.2) is 177 Å². The van der Waals surface area contributed by atoms with Crippen molar-refractivity contribution in [2.24, 2.45) is 5.73 Å². The Balaban J connectivity index is 0.000000193. The molecule has 0 spiro atoms. The molecule has 58 heavy (non-hydrogen) atoms. The van der Waals surface area contributed by atoms with Gasteiger partial charge < -0.3 is 44.3 Å². The number of anilines is 4. The molecular formula is C39H55F2N13O4. The summed E-state index contributed by atoms with van der Waals surface area (Å²) in [4.78, 5) is 40.7. The van der Waals surface area contributed by atoms with Crippen molar-refractivity contribution in [1.82, 2.24) is 39.7 Å². The molecule has 0 bridgehead atoms. The first-order valence-electron chi connectivity index (χ1n) is 20.1. The van der Waals surface area contributed by atoms with Gasteiger partial charge in [-0.3, -0.25) is 9.80 Å². The Kier molecular flexibility index (Phi) is 14.8. The van der Waals surface area contributed by atoms with Crippen LogP contribution in [0.1, 0.15) is 13.3 Å². The Morgan fingerprint density at radius 2 is 0.948 bits per heavy atom. The molecule has 0 aliphatic carbocycles. The van der Waals surface area contributed by atoms with Crippen molar-refractivity contribution in [3.63, 3.8) is 0 Å². The highest BCUT2D eigenvalue weighted by Crippen LogP contribution is 2.22. The standard InChI is InChI=1S/C24H33FN8O2.C15H22FN5O2/c1-2-19(11-25)16-35-22-14-28-24(29-15-22)33-7-3-30(4-8-33)20-12-26-23(27-13-20)32-9-5-31(6-10-32)21-17-34-18-21;16-5-12(6-17)9-23-14-7-18-15(19-8-14)21-3-1-20(2-4-21)13-10-22-11-13/h11-15,21H,2-10,16-18H2,1H3;5,7-8,13H,1-4,6,9-11,17H2/b19-11+;12-5-. The maximum Gasteiger partial charge on any atom is 0.225 e. The number of nitrogens with two attached hydrogens (primary N) is 1. The molecule has 0 radical (unpaired) electrons. The molecule has 8 heterocycles. The highest BCUT2D eigenvalue weighted by atomic mass is 19.1. The van der Waals surface area contributed by atoms with Gasteiger partial charge in [-0.25, -0.2) is 38.7 Å². The fourth-order valence-electron chi connectivity index (χ4n) is 7.04. The van der Waals surface area contributed by atoms with Gasteiger partial charge in [0.05, 0.1) is 94.0 Å². The zero-order valence-electron chi connectivity index (χ0n) is 33.2. The first-order chi connectivity index (χ1) is 28.5. The van der Waals surface area contributed by atoms with E-state index in [4.69, 9.17) is 24.7 Å². The third-order valence-electron chi connectivity index (χ3n) is 11.1. The second-order valence-electron chi connectivity index (χ2n) is 14.8. The van der Waals surface area contributed by atoms with Crippen molar-refractivity contribution >= 4 is 23.5 Å². The number of rotatable bonds is 14. The Morgan fingerprint density at radius 3 is 1.29 bits per heavy atom. The molecule has 0 saturated carbocycles. The summed E-state index contributed by atoms with van der Waals surface area (Å²) in [6.45, 7) is 16.8. The maximum absolute atomic E-state index is 12.7. The van der Waals surface area contributed by atoms with Crippen LogP contribution in [0.25, 0.3) is 0 Å². The predicted octanol–water partition coefficient (Wildman–Crippen LogP) is 1.94. The van der Waals surface area contributed by atoms with Crippen LogP contribution in [0, 0.1) is 0 Å². The smallest absolute Gasteiger partial charge is 0.225 e. The molecule has 5 saturated heterocycles. The van der Waals surface area contributed by atoms with Crippen molar-refractivity contribution in [2.45, 2.75) is 25.4 Å². The molecule has 17 nitrogen and oxygen atoms in total. The maximum atomic E-state index is 12.7. The molecule has 3 aromatic heterocycles. The molecular weight excluding hydrogens is 753 g/mol. The summed E-state index contributed by atoms with van der Waals surface area (Å²) in [5.74, 6) is 3.22. The third-order valence-corrected chi connectivity index (χ3v) is 11.1. The van der Waals surface area contributed by atoms with Gasteiger partial charge in [0, 0.05) is 90.7 Å². The van der Waals surface area contributed by atoms with Gasteiger partial charge in [0.1, 0.15) is 13.2 Å². The lowest BCUT2D eigenvalue weighted by Gasteiger charge is -2.42. The van der Waals surface area contributed by atoms with Crippen LogP contribution < -0.4 is 34.8 Å². The molecule has 19 heteroatoms. The van der Waals surface area contributed by atoms with Crippen molar-refractivity contribution in [1.29, 1.82) is 0 Å². The first-order valence-corrected chi connectivity index (χ1v) is 20.1.